The Kier molecular flexibility index (Phi) is 6.95. The summed E-state index contributed by atoms with van der Waals surface area (Å²) >= 11 is 0. The molecule has 1 aliphatic heterocycles. The number of ether oxygens (including phenoxy) is 2. The van der Waals surface area contributed by atoms with E-state index in [1.807, 2.05) is 0 Å². The molecule has 0 spiro atoms. The normalized spacial score (nSPS) is 26.5. The van der Waals surface area contributed by atoms with Gasteiger partial charge in [-0.3, -0.25) is 9.59 Å². The summed E-state index contributed by atoms with van der Waals surface area (Å²) < 4.78 is 11.0. The molecular weight excluding hydrogens is 376 g/mol. The van der Waals surface area contributed by atoms with Crippen LogP contribution < -0.4 is 10.6 Å². The largest absolute Gasteiger partial charge is 0.388 e. The Morgan fingerprint density at radius 1 is 0.931 bits per heavy atom. The van der Waals surface area contributed by atoms with Crippen molar-refractivity contribution in [2.45, 2.75) is 30.6 Å². The molecule has 1 saturated heterocycles. The topological polar surface area (TPSA) is 117 Å². The van der Waals surface area contributed by atoms with Crippen LogP contribution in [0.25, 0.3) is 0 Å². The van der Waals surface area contributed by atoms with E-state index in [1.165, 1.54) is 7.11 Å². The van der Waals surface area contributed by atoms with Crippen molar-refractivity contribution < 1.29 is 29.3 Å². The van der Waals surface area contributed by atoms with Crippen LogP contribution in [0.4, 0.5) is 0 Å². The third kappa shape index (κ3) is 4.99. The van der Waals surface area contributed by atoms with Gasteiger partial charge in [0.1, 0.15) is 24.4 Å². The smallest absolute Gasteiger partial charge is 0.251 e. The third-order valence-electron chi connectivity index (χ3n) is 4.77. The van der Waals surface area contributed by atoms with E-state index in [9.17, 15) is 19.8 Å². The maximum atomic E-state index is 12.4. The van der Waals surface area contributed by atoms with Gasteiger partial charge in [0.2, 0.25) is 0 Å². The zero-order valence-electron chi connectivity index (χ0n) is 15.9. The minimum absolute atomic E-state index is 0.0365. The van der Waals surface area contributed by atoms with Crippen molar-refractivity contribution in [2.24, 2.45) is 0 Å². The molecule has 5 atom stereocenters. The molecule has 8 heteroatoms. The second-order valence-electron chi connectivity index (χ2n) is 6.70. The summed E-state index contributed by atoms with van der Waals surface area (Å²) in [5, 5.41) is 26.3. The first-order valence-corrected chi connectivity index (χ1v) is 9.25. The van der Waals surface area contributed by atoms with Gasteiger partial charge in [-0.25, -0.2) is 0 Å². The number of rotatable bonds is 6. The Labute approximate surface area is 168 Å². The van der Waals surface area contributed by atoms with Crippen LogP contribution in [-0.2, 0) is 9.47 Å². The summed E-state index contributed by atoms with van der Waals surface area (Å²) in [5.41, 5.74) is 0.871. The molecule has 0 aliphatic carbocycles. The number of aliphatic hydroxyl groups excluding tert-OH is 2. The van der Waals surface area contributed by atoms with Crippen LogP contribution in [0.15, 0.2) is 60.7 Å². The fourth-order valence-corrected chi connectivity index (χ4v) is 3.16. The van der Waals surface area contributed by atoms with Crippen molar-refractivity contribution in [3.05, 3.63) is 71.8 Å². The van der Waals surface area contributed by atoms with Crippen molar-refractivity contribution in [1.29, 1.82) is 0 Å². The van der Waals surface area contributed by atoms with Crippen molar-refractivity contribution in [3.8, 4) is 0 Å². The lowest BCUT2D eigenvalue weighted by Crippen LogP contribution is -2.65. The monoisotopic (exact) mass is 400 g/mol. The second kappa shape index (κ2) is 9.62. The van der Waals surface area contributed by atoms with Crippen molar-refractivity contribution in [3.63, 3.8) is 0 Å². The van der Waals surface area contributed by atoms with E-state index in [2.05, 4.69) is 10.6 Å². The molecule has 0 saturated carbocycles. The van der Waals surface area contributed by atoms with Gasteiger partial charge in [0.15, 0.2) is 6.29 Å². The van der Waals surface area contributed by atoms with Gasteiger partial charge >= 0.3 is 0 Å². The van der Waals surface area contributed by atoms with Gasteiger partial charge in [-0.05, 0) is 24.3 Å². The lowest BCUT2D eigenvalue weighted by molar-refractivity contribution is -0.253. The molecule has 1 fully saturated rings. The standard InChI is InChI=1S/C21H24N2O6/c1-28-21-16(23-20(27)14-10-6-3-7-11-14)18(25)17(24)15(29-21)12-22-19(26)13-8-4-2-5-9-13/h2-11,15-18,21,24-25H,12H2,1H3,(H,22,26)(H,23,27)/t15-,16-,17-,18+,21-/m1/s1. The van der Waals surface area contributed by atoms with Crippen molar-refractivity contribution in [2.75, 3.05) is 13.7 Å². The van der Waals surface area contributed by atoms with E-state index in [0.717, 1.165) is 0 Å². The van der Waals surface area contributed by atoms with Gasteiger partial charge in [0.05, 0.1) is 0 Å². The predicted molar refractivity (Wildman–Crippen MR) is 104 cm³/mol. The molecule has 3 rings (SSSR count). The highest BCUT2D eigenvalue weighted by Gasteiger charge is 2.45. The van der Waals surface area contributed by atoms with E-state index in [-0.39, 0.29) is 12.5 Å². The lowest BCUT2D eigenvalue weighted by atomic mass is 9.96. The second-order valence-corrected chi connectivity index (χ2v) is 6.70. The number of benzene rings is 2. The summed E-state index contributed by atoms with van der Waals surface area (Å²) in [5.74, 6) is -0.757. The molecule has 2 amide bonds. The molecule has 2 aromatic rings. The first-order chi connectivity index (χ1) is 14.0. The van der Waals surface area contributed by atoms with Crippen LogP contribution in [-0.4, -0.2) is 66.3 Å². The number of nitrogens with one attached hydrogen (secondary N) is 2. The van der Waals surface area contributed by atoms with Crippen LogP contribution in [0.1, 0.15) is 20.7 Å². The van der Waals surface area contributed by atoms with Crippen molar-refractivity contribution >= 4 is 11.8 Å². The molecule has 8 nitrogen and oxygen atoms in total. The Morgan fingerprint density at radius 3 is 2.03 bits per heavy atom. The molecule has 0 radical (unpaired) electrons. The molecule has 2 aromatic carbocycles. The number of carbonyl (C=O) groups is 2. The van der Waals surface area contributed by atoms with Crippen LogP contribution in [0, 0.1) is 0 Å². The number of hydrogen-bond acceptors (Lipinski definition) is 6. The van der Waals surface area contributed by atoms with Gasteiger partial charge < -0.3 is 30.3 Å². The number of carbonyl (C=O) groups excluding carboxylic acids is 2. The first-order valence-electron chi connectivity index (χ1n) is 9.25. The average Bonchev–Trinajstić information content (AvgIpc) is 2.77. The lowest BCUT2D eigenvalue weighted by Gasteiger charge is -2.42. The van der Waals surface area contributed by atoms with Gasteiger partial charge in [-0.15, -0.1) is 0 Å². The zero-order valence-corrected chi connectivity index (χ0v) is 15.9. The first kappa shape index (κ1) is 20.9. The highest BCUT2D eigenvalue weighted by molar-refractivity contribution is 5.94. The van der Waals surface area contributed by atoms with E-state index >= 15 is 0 Å². The molecule has 0 bridgehead atoms. The molecule has 1 heterocycles. The van der Waals surface area contributed by atoms with Crippen molar-refractivity contribution in [1.82, 2.24) is 10.6 Å². The average molecular weight is 400 g/mol. The quantitative estimate of drug-likeness (QED) is 0.554. The summed E-state index contributed by atoms with van der Waals surface area (Å²) in [6.45, 7) is -0.0365. The molecule has 1 aliphatic rings. The molecular formula is C21H24N2O6. The highest BCUT2D eigenvalue weighted by Crippen LogP contribution is 2.22. The van der Waals surface area contributed by atoms with Crippen LogP contribution in [0.2, 0.25) is 0 Å². The van der Waals surface area contributed by atoms with Crippen LogP contribution in [0.5, 0.6) is 0 Å². The highest BCUT2D eigenvalue weighted by atomic mass is 16.7. The molecule has 0 unspecified atom stereocenters. The SMILES string of the molecule is CO[C@@H]1O[C@H](CNC(=O)c2ccccc2)[C@@H](O)[C@@H](O)[C@H]1NC(=O)c1ccccc1. The zero-order chi connectivity index (χ0) is 20.8. The Bertz CT molecular complexity index is 812. The number of hydrogen-bond donors (Lipinski definition) is 4. The fourth-order valence-electron chi connectivity index (χ4n) is 3.16. The van der Waals surface area contributed by atoms with Gasteiger partial charge in [-0.1, -0.05) is 36.4 Å². The molecule has 4 N–H and O–H groups in total. The Balaban J connectivity index is 1.63. The van der Waals surface area contributed by atoms with Crippen LogP contribution in [0.3, 0.4) is 0 Å². The molecule has 154 valence electrons. The summed E-state index contributed by atoms with van der Waals surface area (Å²) in [6.07, 6.45) is -4.59. The number of aliphatic hydroxyl groups is 2. The maximum Gasteiger partial charge on any atom is 0.251 e. The van der Waals surface area contributed by atoms with Gasteiger partial charge in [0, 0.05) is 24.8 Å². The predicted octanol–water partition coefficient (Wildman–Crippen LogP) is 0.308. The molecule has 29 heavy (non-hydrogen) atoms. The van der Waals surface area contributed by atoms with Gasteiger partial charge in [-0.2, -0.15) is 0 Å². The number of amides is 2. The van der Waals surface area contributed by atoms with E-state index in [0.29, 0.717) is 11.1 Å². The van der Waals surface area contributed by atoms with E-state index < -0.39 is 36.6 Å². The minimum Gasteiger partial charge on any atom is -0.388 e. The Hall–Kier alpha value is -2.78. The minimum atomic E-state index is -1.35. The Morgan fingerprint density at radius 2 is 1.48 bits per heavy atom. The summed E-state index contributed by atoms with van der Waals surface area (Å²) in [7, 11) is 1.37. The van der Waals surface area contributed by atoms with Gasteiger partial charge in [0.25, 0.3) is 11.8 Å². The van der Waals surface area contributed by atoms with E-state index in [4.69, 9.17) is 9.47 Å². The van der Waals surface area contributed by atoms with E-state index in [1.54, 1.807) is 60.7 Å². The third-order valence-corrected chi connectivity index (χ3v) is 4.77. The summed E-state index contributed by atoms with van der Waals surface area (Å²) in [4.78, 5) is 24.6. The number of methoxy groups -OCH3 is 1. The fraction of sp³-hybridized carbons (Fsp3) is 0.333. The van der Waals surface area contributed by atoms with Crippen LogP contribution >= 0.6 is 0 Å². The molecule has 0 aromatic heterocycles. The maximum absolute atomic E-state index is 12.4. The summed E-state index contributed by atoms with van der Waals surface area (Å²) in [6, 6.07) is 16.1.